The molecule has 8 nitrogen and oxygen atoms in total. The Kier molecular flexibility index (Phi) is 9.14. The second-order valence-electron chi connectivity index (χ2n) is 7.62. The molecule has 12 heteroatoms. The number of aryl methyl sites for hydroxylation is 1. The predicted octanol–water partition coefficient (Wildman–Crippen LogP) is 4.86. The first-order valence-corrected chi connectivity index (χ1v) is 12.8. The van der Waals surface area contributed by atoms with Gasteiger partial charge in [-0.2, -0.15) is 0 Å². The summed E-state index contributed by atoms with van der Waals surface area (Å²) in [4.78, 5) is 24.4. The highest BCUT2D eigenvalue weighted by Crippen LogP contribution is 2.27. The molecule has 0 saturated carbocycles. The summed E-state index contributed by atoms with van der Waals surface area (Å²) >= 11 is 11.8. The van der Waals surface area contributed by atoms with Gasteiger partial charge in [-0.3, -0.25) is 25.2 Å². The lowest BCUT2D eigenvalue weighted by Crippen LogP contribution is -2.41. The van der Waals surface area contributed by atoms with Crippen LogP contribution in [-0.2, 0) is 14.8 Å². The van der Waals surface area contributed by atoms with Gasteiger partial charge in [-0.15, -0.1) is 0 Å². The van der Waals surface area contributed by atoms with Crippen LogP contribution < -0.4 is 20.3 Å². The second-order valence-corrected chi connectivity index (χ2v) is 10.1. The van der Waals surface area contributed by atoms with Crippen molar-refractivity contribution in [3.05, 3.63) is 87.7 Å². The molecule has 0 radical (unpaired) electrons. The van der Waals surface area contributed by atoms with Crippen LogP contribution in [0.25, 0.3) is 0 Å². The Morgan fingerprint density at radius 2 is 1.69 bits per heavy atom. The minimum absolute atomic E-state index is 0.0715. The van der Waals surface area contributed by atoms with Crippen LogP contribution >= 0.6 is 23.2 Å². The molecule has 0 atom stereocenters. The van der Waals surface area contributed by atoms with Gasteiger partial charge in [-0.05, 0) is 73.5 Å². The third kappa shape index (κ3) is 7.58. The van der Waals surface area contributed by atoms with Crippen molar-refractivity contribution in [3.63, 3.8) is 0 Å². The second kappa shape index (κ2) is 12.1. The fraction of sp³-hybridized carbons (Fsp3) is 0.167. The largest absolute Gasteiger partial charge is 0.492 e. The average molecular weight is 554 g/mol. The number of nitrogens with one attached hydrogen (secondary N) is 3. The molecular formula is C24H22Cl2FN3O5S. The number of hydrogen-bond donors (Lipinski definition) is 3. The molecule has 0 aliphatic carbocycles. The first-order valence-electron chi connectivity index (χ1n) is 10.6. The average Bonchev–Trinajstić information content (AvgIpc) is 2.83. The Hall–Kier alpha value is -3.34. The minimum Gasteiger partial charge on any atom is -0.492 e. The van der Waals surface area contributed by atoms with E-state index in [1.165, 1.54) is 12.1 Å². The van der Waals surface area contributed by atoms with Crippen LogP contribution in [0.5, 0.6) is 5.75 Å². The summed E-state index contributed by atoms with van der Waals surface area (Å²) in [6.07, 6.45) is 0.433. The van der Waals surface area contributed by atoms with Crippen LogP contribution in [0, 0.1) is 12.7 Å². The molecule has 0 saturated heterocycles. The fourth-order valence-electron chi connectivity index (χ4n) is 2.96. The maximum atomic E-state index is 13.1. The van der Waals surface area contributed by atoms with Crippen LogP contribution in [0.2, 0.25) is 10.0 Å². The number of sulfonamides is 1. The first-order chi connectivity index (χ1) is 17.0. The predicted molar refractivity (Wildman–Crippen MR) is 135 cm³/mol. The lowest BCUT2D eigenvalue weighted by Gasteiger charge is -2.13. The number of halogens is 3. The SMILES string of the molecule is Cc1ccc(C(=O)NNC(=O)CCCOc2ccc(Cl)cc2Cl)cc1NS(=O)(=O)c1ccc(F)cc1. The van der Waals surface area contributed by atoms with Gasteiger partial charge in [0.2, 0.25) is 5.91 Å². The maximum absolute atomic E-state index is 13.1. The lowest BCUT2D eigenvalue weighted by atomic mass is 10.1. The quantitative estimate of drug-likeness (QED) is 0.258. The van der Waals surface area contributed by atoms with Crippen LogP contribution in [0.15, 0.2) is 65.6 Å². The maximum Gasteiger partial charge on any atom is 0.269 e. The van der Waals surface area contributed by atoms with Gasteiger partial charge < -0.3 is 4.74 Å². The van der Waals surface area contributed by atoms with Gasteiger partial charge in [-0.1, -0.05) is 29.3 Å². The number of ether oxygens (including phenoxy) is 1. The number of rotatable bonds is 9. The Bertz CT molecular complexity index is 1370. The van der Waals surface area contributed by atoms with E-state index in [4.69, 9.17) is 27.9 Å². The minimum atomic E-state index is -4.00. The van der Waals surface area contributed by atoms with E-state index in [0.29, 0.717) is 27.8 Å². The number of amides is 2. The Morgan fingerprint density at radius 3 is 2.39 bits per heavy atom. The zero-order valence-corrected chi connectivity index (χ0v) is 21.3. The van der Waals surface area contributed by atoms with E-state index >= 15 is 0 Å². The standard InChI is InChI=1S/C24H22Cl2FN3O5S/c1-15-4-5-16(13-21(15)30-36(33,34)19-9-7-18(27)8-10-19)24(32)29-28-23(31)3-2-12-35-22-11-6-17(25)14-20(22)26/h4-11,13-14,30H,2-3,12H2,1H3,(H,28,31)(H,29,32). The molecule has 0 fully saturated rings. The molecule has 3 rings (SSSR count). The molecule has 0 aliphatic heterocycles. The van der Waals surface area contributed by atoms with E-state index in [1.54, 1.807) is 31.2 Å². The van der Waals surface area contributed by atoms with Crippen molar-refractivity contribution in [1.82, 2.24) is 10.9 Å². The van der Waals surface area contributed by atoms with Crippen molar-refractivity contribution in [1.29, 1.82) is 0 Å². The van der Waals surface area contributed by atoms with Crippen LogP contribution in [0.3, 0.4) is 0 Å². The van der Waals surface area contributed by atoms with Crippen molar-refractivity contribution < 1.29 is 27.1 Å². The summed E-state index contributed by atoms with van der Waals surface area (Å²) in [6.45, 7) is 1.88. The third-order valence-corrected chi connectivity index (χ3v) is 6.80. The van der Waals surface area contributed by atoms with Crippen LogP contribution in [-0.4, -0.2) is 26.8 Å². The third-order valence-electron chi connectivity index (χ3n) is 4.88. The molecule has 3 aromatic rings. The van der Waals surface area contributed by atoms with Crippen molar-refractivity contribution in [3.8, 4) is 5.75 Å². The van der Waals surface area contributed by atoms with E-state index in [1.807, 2.05) is 0 Å². The first kappa shape index (κ1) is 27.3. The molecular weight excluding hydrogens is 532 g/mol. The van der Waals surface area contributed by atoms with Gasteiger partial charge in [0.1, 0.15) is 11.6 Å². The molecule has 190 valence electrons. The van der Waals surface area contributed by atoms with Gasteiger partial charge in [0.15, 0.2) is 0 Å². The van der Waals surface area contributed by atoms with Crippen molar-refractivity contribution in [2.75, 3.05) is 11.3 Å². The molecule has 0 aromatic heterocycles. The van der Waals surface area contributed by atoms with E-state index in [2.05, 4.69) is 15.6 Å². The molecule has 0 spiro atoms. The van der Waals surface area contributed by atoms with E-state index in [9.17, 15) is 22.4 Å². The van der Waals surface area contributed by atoms with Gasteiger partial charge in [0.25, 0.3) is 15.9 Å². The van der Waals surface area contributed by atoms with Crippen molar-refractivity contribution in [2.24, 2.45) is 0 Å². The van der Waals surface area contributed by atoms with E-state index in [0.717, 1.165) is 24.3 Å². The fourth-order valence-corrected chi connectivity index (χ4v) is 4.54. The number of carbonyl (C=O) groups is 2. The highest BCUT2D eigenvalue weighted by atomic mass is 35.5. The smallest absolute Gasteiger partial charge is 0.269 e. The number of hydrogen-bond acceptors (Lipinski definition) is 5. The highest BCUT2D eigenvalue weighted by Gasteiger charge is 2.17. The molecule has 0 heterocycles. The Labute approximate surface area is 217 Å². The number of carbonyl (C=O) groups excluding carboxylic acids is 2. The van der Waals surface area contributed by atoms with Gasteiger partial charge in [-0.25, -0.2) is 12.8 Å². The summed E-state index contributed by atoms with van der Waals surface area (Å²) in [6, 6.07) is 13.5. The van der Waals surface area contributed by atoms with Gasteiger partial charge >= 0.3 is 0 Å². The topological polar surface area (TPSA) is 114 Å². The normalized spacial score (nSPS) is 11.0. The molecule has 0 unspecified atom stereocenters. The Balaban J connectivity index is 1.51. The van der Waals surface area contributed by atoms with Gasteiger partial charge in [0.05, 0.1) is 22.2 Å². The summed E-state index contributed by atoms with van der Waals surface area (Å²) in [5, 5.41) is 0.838. The highest BCUT2D eigenvalue weighted by molar-refractivity contribution is 7.92. The van der Waals surface area contributed by atoms with Crippen molar-refractivity contribution in [2.45, 2.75) is 24.7 Å². The number of hydrazine groups is 1. The molecule has 2 amide bonds. The van der Waals surface area contributed by atoms with E-state index < -0.39 is 27.7 Å². The molecule has 3 N–H and O–H groups in total. The van der Waals surface area contributed by atoms with E-state index in [-0.39, 0.29) is 29.2 Å². The number of anilines is 1. The Morgan fingerprint density at radius 1 is 0.972 bits per heavy atom. The monoisotopic (exact) mass is 553 g/mol. The summed E-state index contributed by atoms with van der Waals surface area (Å²) in [5.74, 6) is -1.21. The number of benzene rings is 3. The van der Waals surface area contributed by atoms with Crippen LogP contribution in [0.1, 0.15) is 28.8 Å². The van der Waals surface area contributed by atoms with Gasteiger partial charge in [0, 0.05) is 17.0 Å². The molecule has 0 bridgehead atoms. The zero-order chi connectivity index (χ0) is 26.3. The lowest BCUT2D eigenvalue weighted by molar-refractivity contribution is -0.122. The molecule has 0 aliphatic rings. The van der Waals surface area contributed by atoms with Crippen LogP contribution in [0.4, 0.5) is 10.1 Å². The summed E-state index contributed by atoms with van der Waals surface area (Å²) in [7, 11) is -4.00. The molecule has 36 heavy (non-hydrogen) atoms. The summed E-state index contributed by atoms with van der Waals surface area (Å²) in [5.41, 5.74) is 5.42. The summed E-state index contributed by atoms with van der Waals surface area (Å²) < 4.78 is 46.2. The zero-order valence-electron chi connectivity index (χ0n) is 19.0. The molecule has 3 aromatic carbocycles. The van der Waals surface area contributed by atoms with Crippen molar-refractivity contribution >= 4 is 50.7 Å².